The van der Waals surface area contributed by atoms with Crippen LogP contribution in [-0.4, -0.2) is 20.4 Å². The molecule has 5 nitrogen and oxygen atoms in total. The Morgan fingerprint density at radius 3 is 2.95 bits per heavy atom. The minimum Gasteiger partial charge on any atom is -0.316 e. The number of thiophene rings is 1. The van der Waals surface area contributed by atoms with Crippen molar-refractivity contribution in [3.05, 3.63) is 41.3 Å². The molecule has 19 heavy (non-hydrogen) atoms. The monoisotopic (exact) mass is 301 g/mol. The molecular weight excluding hydrogens is 289 g/mol. The summed E-state index contributed by atoms with van der Waals surface area (Å²) in [6.45, 7) is 0.579. The summed E-state index contributed by atoms with van der Waals surface area (Å²) in [7, 11) is -1.99. The van der Waals surface area contributed by atoms with E-state index in [9.17, 15) is 12.8 Å². The molecule has 0 spiro atoms. The summed E-state index contributed by atoms with van der Waals surface area (Å²) in [6, 6.07) is 2.83. The molecule has 0 aromatic carbocycles. The lowest BCUT2D eigenvalue weighted by atomic mass is 10.3. The molecule has 0 saturated heterocycles. The van der Waals surface area contributed by atoms with E-state index in [4.69, 9.17) is 0 Å². The van der Waals surface area contributed by atoms with E-state index in [1.54, 1.807) is 18.5 Å². The second kappa shape index (κ2) is 5.64. The van der Waals surface area contributed by atoms with Crippen molar-refractivity contribution in [2.45, 2.75) is 10.8 Å². The summed E-state index contributed by atoms with van der Waals surface area (Å²) in [5, 5.41) is 4.67. The first kappa shape index (κ1) is 13.9. The van der Waals surface area contributed by atoms with Gasteiger partial charge in [-0.2, -0.15) is 0 Å². The van der Waals surface area contributed by atoms with Gasteiger partial charge in [0.2, 0.25) is 0 Å². The Balaban J connectivity index is 2.25. The van der Waals surface area contributed by atoms with Gasteiger partial charge in [0.1, 0.15) is 4.21 Å². The number of nitrogens with one attached hydrogen (secondary N) is 2. The molecule has 0 amide bonds. The molecule has 2 aromatic heterocycles. The summed E-state index contributed by atoms with van der Waals surface area (Å²) < 4.78 is 39.8. The first-order valence-corrected chi connectivity index (χ1v) is 7.73. The van der Waals surface area contributed by atoms with E-state index < -0.39 is 15.8 Å². The molecule has 2 heterocycles. The number of hydrogen-bond acceptors (Lipinski definition) is 5. The highest BCUT2D eigenvalue weighted by atomic mass is 32.2. The van der Waals surface area contributed by atoms with Gasteiger partial charge in [-0.25, -0.2) is 12.8 Å². The second-order valence-electron chi connectivity index (χ2n) is 3.77. The van der Waals surface area contributed by atoms with Gasteiger partial charge in [0, 0.05) is 12.7 Å². The highest BCUT2D eigenvalue weighted by Gasteiger charge is 2.18. The Morgan fingerprint density at radius 1 is 1.47 bits per heavy atom. The average molecular weight is 301 g/mol. The van der Waals surface area contributed by atoms with Gasteiger partial charge in [-0.3, -0.25) is 9.71 Å². The molecule has 8 heteroatoms. The van der Waals surface area contributed by atoms with Gasteiger partial charge in [0.05, 0.1) is 11.9 Å². The van der Waals surface area contributed by atoms with Crippen LogP contribution >= 0.6 is 11.3 Å². The summed E-state index contributed by atoms with van der Waals surface area (Å²) in [5.74, 6) is -0.710. The number of anilines is 1. The normalized spacial score (nSPS) is 11.5. The van der Waals surface area contributed by atoms with Gasteiger partial charge in [-0.05, 0) is 30.1 Å². The zero-order chi connectivity index (χ0) is 13.9. The van der Waals surface area contributed by atoms with E-state index in [2.05, 4.69) is 15.0 Å². The van der Waals surface area contributed by atoms with E-state index in [0.29, 0.717) is 6.54 Å². The summed E-state index contributed by atoms with van der Waals surface area (Å²) in [5.41, 5.74) is 0.752. The van der Waals surface area contributed by atoms with Crippen LogP contribution in [0.25, 0.3) is 0 Å². The molecule has 0 aliphatic rings. The number of nitrogens with zero attached hydrogens (tertiary/aromatic N) is 1. The number of pyridine rings is 1. The SMILES string of the molecule is CNCc1csc(S(=O)(=O)Nc2ccncc2F)c1. The van der Waals surface area contributed by atoms with Crippen molar-refractivity contribution < 1.29 is 12.8 Å². The minimum absolute atomic E-state index is 0.112. The lowest BCUT2D eigenvalue weighted by Crippen LogP contribution is -2.13. The number of sulfonamides is 1. The lowest BCUT2D eigenvalue weighted by molar-refractivity contribution is 0.599. The standard InChI is InChI=1S/C11H12FN3O2S2/c1-13-5-8-4-11(18-7-8)19(16,17)15-10-2-3-14-6-9(10)12/h2-4,6-7,13H,5H2,1H3,(H,14,15). The molecule has 0 fully saturated rings. The van der Waals surface area contributed by atoms with Crippen LogP contribution in [0.1, 0.15) is 5.56 Å². The molecule has 0 unspecified atom stereocenters. The lowest BCUT2D eigenvalue weighted by Gasteiger charge is -2.06. The van der Waals surface area contributed by atoms with Gasteiger partial charge in [-0.1, -0.05) is 0 Å². The first-order chi connectivity index (χ1) is 9.03. The smallest absolute Gasteiger partial charge is 0.271 e. The minimum atomic E-state index is -3.76. The zero-order valence-corrected chi connectivity index (χ0v) is 11.7. The van der Waals surface area contributed by atoms with Crippen LogP contribution in [0.5, 0.6) is 0 Å². The van der Waals surface area contributed by atoms with Crippen LogP contribution in [0.3, 0.4) is 0 Å². The maximum absolute atomic E-state index is 13.4. The maximum atomic E-state index is 13.4. The van der Waals surface area contributed by atoms with Crippen LogP contribution in [0, 0.1) is 5.82 Å². The van der Waals surface area contributed by atoms with Gasteiger partial charge in [-0.15, -0.1) is 11.3 Å². The van der Waals surface area contributed by atoms with E-state index in [1.165, 1.54) is 12.3 Å². The van der Waals surface area contributed by atoms with Gasteiger partial charge in [0.25, 0.3) is 10.0 Å². The van der Waals surface area contributed by atoms with Crippen molar-refractivity contribution in [2.24, 2.45) is 0 Å². The van der Waals surface area contributed by atoms with Crippen molar-refractivity contribution >= 4 is 27.0 Å². The first-order valence-electron chi connectivity index (χ1n) is 5.37. The summed E-state index contributed by atoms with van der Waals surface area (Å²) in [6.07, 6.45) is 2.28. The fraction of sp³-hybridized carbons (Fsp3) is 0.182. The zero-order valence-electron chi connectivity index (χ0n) is 10.1. The fourth-order valence-corrected chi connectivity index (χ4v) is 3.72. The third kappa shape index (κ3) is 3.28. The van der Waals surface area contributed by atoms with Crippen LogP contribution in [0.4, 0.5) is 10.1 Å². The molecule has 0 bridgehead atoms. The van der Waals surface area contributed by atoms with Gasteiger partial charge < -0.3 is 5.32 Å². The molecule has 2 rings (SSSR count). The molecule has 102 valence electrons. The van der Waals surface area contributed by atoms with Gasteiger partial charge in [0.15, 0.2) is 5.82 Å². The molecule has 0 saturated carbocycles. The largest absolute Gasteiger partial charge is 0.316 e. The van der Waals surface area contributed by atoms with Crippen molar-refractivity contribution in [3.8, 4) is 0 Å². The van der Waals surface area contributed by atoms with E-state index in [1.807, 2.05) is 0 Å². The molecule has 0 atom stereocenters. The van der Waals surface area contributed by atoms with Crippen molar-refractivity contribution in [1.82, 2.24) is 10.3 Å². The quantitative estimate of drug-likeness (QED) is 0.883. The van der Waals surface area contributed by atoms with Crippen molar-refractivity contribution in [2.75, 3.05) is 11.8 Å². The maximum Gasteiger partial charge on any atom is 0.271 e. The highest BCUT2D eigenvalue weighted by molar-refractivity contribution is 7.94. The number of halogens is 1. The van der Waals surface area contributed by atoms with Crippen LogP contribution in [-0.2, 0) is 16.6 Å². The van der Waals surface area contributed by atoms with Crippen LogP contribution < -0.4 is 10.0 Å². The number of aromatic nitrogens is 1. The molecule has 2 N–H and O–H groups in total. The van der Waals surface area contributed by atoms with Crippen LogP contribution in [0.2, 0.25) is 0 Å². The van der Waals surface area contributed by atoms with Crippen molar-refractivity contribution in [3.63, 3.8) is 0 Å². The van der Waals surface area contributed by atoms with Crippen LogP contribution in [0.15, 0.2) is 34.1 Å². The highest BCUT2D eigenvalue weighted by Crippen LogP contribution is 2.23. The topological polar surface area (TPSA) is 71.1 Å². The summed E-state index contributed by atoms with van der Waals surface area (Å²) >= 11 is 1.09. The third-order valence-electron chi connectivity index (χ3n) is 2.29. The van der Waals surface area contributed by atoms with E-state index in [-0.39, 0.29) is 9.90 Å². The molecule has 0 aliphatic heterocycles. The number of hydrogen-bond donors (Lipinski definition) is 2. The average Bonchev–Trinajstić information content (AvgIpc) is 2.82. The van der Waals surface area contributed by atoms with E-state index in [0.717, 1.165) is 23.1 Å². The molecule has 0 radical (unpaired) electrons. The molecule has 0 aliphatic carbocycles. The fourth-order valence-electron chi connectivity index (χ4n) is 1.44. The molecule has 2 aromatic rings. The Morgan fingerprint density at radius 2 is 2.26 bits per heavy atom. The van der Waals surface area contributed by atoms with Crippen molar-refractivity contribution in [1.29, 1.82) is 0 Å². The Bertz CT molecular complexity index is 670. The third-order valence-corrected chi connectivity index (χ3v) is 5.15. The predicted molar refractivity (Wildman–Crippen MR) is 72.1 cm³/mol. The Labute approximate surface area is 114 Å². The predicted octanol–water partition coefficient (Wildman–Crippen LogP) is 1.80. The Hall–Kier alpha value is -1.51. The van der Waals surface area contributed by atoms with Gasteiger partial charge >= 0.3 is 0 Å². The second-order valence-corrected chi connectivity index (χ2v) is 6.59. The number of rotatable bonds is 5. The van der Waals surface area contributed by atoms with E-state index >= 15 is 0 Å². The molecular formula is C11H12FN3O2S2. The summed E-state index contributed by atoms with van der Waals surface area (Å²) in [4.78, 5) is 3.56. The Kier molecular flexibility index (Phi) is 4.13.